The van der Waals surface area contributed by atoms with Gasteiger partial charge in [-0.3, -0.25) is 0 Å². The quantitative estimate of drug-likeness (QED) is 0.855. The summed E-state index contributed by atoms with van der Waals surface area (Å²) in [5.74, 6) is 0. The summed E-state index contributed by atoms with van der Waals surface area (Å²) in [7, 11) is -3.46. The number of hydrogen-bond donors (Lipinski definition) is 2. The molecule has 2 heterocycles. The molecule has 0 aliphatic rings. The molecule has 2 aromatic rings. The minimum atomic E-state index is -3.46. The third-order valence-corrected chi connectivity index (χ3v) is 7.23. The molecule has 7 heteroatoms. The summed E-state index contributed by atoms with van der Waals surface area (Å²) in [4.78, 5) is 2.02. The van der Waals surface area contributed by atoms with Crippen LogP contribution in [0.3, 0.4) is 0 Å². The second-order valence-electron chi connectivity index (χ2n) is 5.11. The van der Waals surface area contributed by atoms with Crippen LogP contribution in [0, 0.1) is 0 Å². The molecule has 0 fully saturated rings. The van der Waals surface area contributed by atoms with Crippen LogP contribution in [0.4, 0.5) is 0 Å². The molecule has 110 valence electrons. The van der Waals surface area contributed by atoms with E-state index in [2.05, 4.69) is 4.72 Å². The summed E-state index contributed by atoms with van der Waals surface area (Å²) in [6, 6.07) is 7.36. The van der Waals surface area contributed by atoms with Crippen LogP contribution in [0.25, 0.3) is 0 Å². The third kappa shape index (κ3) is 3.48. The highest BCUT2D eigenvalue weighted by Gasteiger charge is 2.25. The van der Waals surface area contributed by atoms with Crippen molar-refractivity contribution >= 4 is 32.7 Å². The van der Waals surface area contributed by atoms with E-state index < -0.39 is 10.0 Å². The molecule has 0 saturated heterocycles. The largest absolute Gasteiger partial charge is 0.326 e. The van der Waals surface area contributed by atoms with Crippen LogP contribution in [0.5, 0.6) is 0 Å². The lowest BCUT2D eigenvalue weighted by Gasteiger charge is -2.23. The predicted octanol–water partition coefficient (Wildman–Crippen LogP) is 2.52. The van der Waals surface area contributed by atoms with Crippen LogP contribution in [0.1, 0.15) is 23.6 Å². The molecule has 3 N–H and O–H groups in total. The Morgan fingerprint density at radius 3 is 2.60 bits per heavy atom. The first kappa shape index (κ1) is 15.7. The van der Waals surface area contributed by atoms with Crippen LogP contribution < -0.4 is 10.5 Å². The Hall–Kier alpha value is -0.730. The van der Waals surface area contributed by atoms with E-state index in [1.165, 1.54) is 11.3 Å². The summed E-state index contributed by atoms with van der Waals surface area (Å²) in [5, 5.41) is 2.00. The van der Waals surface area contributed by atoms with Gasteiger partial charge in [0.15, 0.2) is 0 Å². The van der Waals surface area contributed by atoms with E-state index in [4.69, 9.17) is 5.73 Å². The van der Waals surface area contributed by atoms with E-state index in [1.54, 1.807) is 23.5 Å². The summed E-state index contributed by atoms with van der Waals surface area (Å²) in [6.45, 7) is 4.79. The first-order valence-electron chi connectivity index (χ1n) is 6.17. The van der Waals surface area contributed by atoms with Gasteiger partial charge in [0, 0.05) is 28.3 Å². The molecular weight excluding hydrogens is 312 g/mol. The average molecular weight is 330 g/mol. The number of sulfonamides is 1. The van der Waals surface area contributed by atoms with Gasteiger partial charge in [-0.2, -0.15) is 0 Å². The Morgan fingerprint density at radius 1 is 1.30 bits per heavy atom. The molecule has 0 bridgehead atoms. The molecule has 0 spiro atoms. The Morgan fingerprint density at radius 2 is 2.05 bits per heavy atom. The molecule has 0 radical (unpaired) electrons. The lowest BCUT2D eigenvalue weighted by Crippen LogP contribution is -2.35. The highest BCUT2D eigenvalue weighted by molar-refractivity contribution is 7.91. The van der Waals surface area contributed by atoms with Gasteiger partial charge in [-0.05, 0) is 23.6 Å². The van der Waals surface area contributed by atoms with Crippen molar-refractivity contribution in [3.63, 3.8) is 0 Å². The number of nitrogens with two attached hydrogens (primary N) is 1. The maximum Gasteiger partial charge on any atom is 0.250 e. The summed E-state index contributed by atoms with van der Waals surface area (Å²) in [5.41, 5.74) is 5.28. The molecule has 0 aromatic carbocycles. The van der Waals surface area contributed by atoms with Gasteiger partial charge >= 0.3 is 0 Å². The average Bonchev–Trinajstić information content (AvgIpc) is 3.07. The smallest absolute Gasteiger partial charge is 0.250 e. The van der Waals surface area contributed by atoms with Crippen LogP contribution in [-0.2, 0) is 22.0 Å². The molecule has 4 nitrogen and oxygen atoms in total. The summed E-state index contributed by atoms with van der Waals surface area (Å²) >= 11 is 2.85. The fourth-order valence-corrected chi connectivity index (χ4v) is 5.05. The van der Waals surface area contributed by atoms with Crippen molar-refractivity contribution < 1.29 is 8.42 Å². The number of thiophene rings is 2. The van der Waals surface area contributed by atoms with Gasteiger partial charge in [-0.15, -0.1) is 22.7 Å². The Labute approximate surface area is 127 Å². The fourth-order valence-electron chi connectivity index (χ4n) is 1.71. The monoisotopic (exact) mass is 330 g/mol. The molecule has 0 atom stereocenters. The minimum absolute atomic E-state index is 0.227. The lowest BCUT2D eigenvalue weighted by atomic mass is 9.92. The molecule has 0 unspecified atom stereocenters. The van der Waals surface area contributed by atoms with E-state index in [-0.39, 0.29) is 5.41 Å². The predicted molar refractivity (Wildman–Crippen MR) is 84.7 cm³/mol. The van der Waals surface area contributed by atoms with Gasteiger partial charge in [0.05, 0.1) is 0 Å². The second kappa shape index (κ2) is 5.95. The number of rotatable bonds is 6. The van der Waals surface area contributed by atoms with E-state index >= 15 is 0 Å². The molecular formula is C13H18N2O2S3. The van der Waals surface area contributed by atoms with Gasteiger partial charge in [-0.25, -0.2) is 13.1 Å². The zero-order chi connectivity index (χ0) is 14.8. The maximum atomic E-state index is 12.2. The lowest BCUT2D eigenvalue weighted by molar-refractivity contribution is 0.510. The van der Waals surface area contributed by atoms with Crippen molar-refractivity contribution in [3.8, 4) is 0 Å². The number of nitrogens with one attached hydrogen (secondary N) is 1. The van der Waals surface area contributed by atoms with Crippen LogP contribution >= 0.6 is 22.7 Å². The van der Waals surface area contributed by atoms with Gasteiger partial charge in [0.25, 0.3) is 0 Å². The van der Waals surface area contributed by atoms with Gasteiger partial charge in [-0.1, -0.05) is 19.9 Å². The zero-order valence-electron chi connectivity index (χ0n) is 11.4. The van der Waals surface area contributed by atoms with Crippen LogP contribution in [-0.4, -0.2) is 15.0 Å². The normalized spacial score (nSPS) is 12.8. The molecule has 2 rings (SSSR count). The van der Waals surface area contributed by atoms with Crippen LogP contribution in [0.15, 0.2) is 33.9 Å². The van der Waals surface area contributed by atoms with E-state index in [9.17, 15) is 8.42 Å². The molecule has 0 aliphatic carbocycles. The molecule has 0 saturated carbocycles. The van der Waals surface area contributed by atoms with E-state index in [0.717, 1.165) is 9.75 Å². The first-order chi connectivity index (χ1) is 9.35. The third-order valence-electron chi connectivity index (χ3n) is 3.00. The summed E-state index contributed by atoms with van der Waals surface area (Å²) < 4.78 is 27.5. The summed E-state index contributed by atoms with van der Waals surface area (Å²) in [6.07, 6.45) is 0. The highest BCUT2D eigenvalue weighted by Crippen LogP contribution is 2.28. The minimum Gasteiger partial charge on any atom is -0.326 e. The van der Waals surface area contributed by atoms with Gasteiger partial charge < -0.3 is 5.73 Å². The van der Waals surface area contributed by atoms with Crippen LogP contribution in [0.2, 0.25) is 0 Å². The van der Waals surface area contributed by atoms with Gasteiger partial charge in [0.2, 0.25) is 10.0 Å². The fraction of sp³-hybridized carbons (Fsp3) is 0.385. The van der Waals surface area contributed by atoms with Crippen molar-refractivity contribution in [2.45, 2.75) is 30.0 Å². The second-order valence-corrected chi connectivity index (χ2v) is 9.22. The van der Waals surface area contributed by atoms with Crippen molar-refractivity contribution in [2.24, 2.45) is 5.73 Å². The van der Waals surface area contributed by atoms with Crippen molar-refractivity contribution in [1.29, 1.82) is 0 Å². The molecule has 20 heavy (non-hydrogen) atoms. The Bertz CT molecular complexity index is 658. The van der Waals surface area contributed by atoms with E-state index in [1.807, 2.05) is 31.4 Å². The van der Waals surface area contributed by atoms with Gasteiger partial charge in [0.1, 0.15) is 4.21 Å². The van der Waals surface area contributed by atoms with Crippen molar-refractivity contribution in [3.05, 3.63) is 39.4 Å². The topological polar surface area (TPSA) is 72.2 Å². The highest BCUT2D eigenvalue weighted by atomic mass is 32.2. The Kier molecular flexibility index (Phi) is 4.66. The van der Waals surface area contributed by atoms with Crippen molar-refractivity contribution in [1.82, 2.24) is 4.72 Å². The zero-order valence-corrected chi connectivity index (χ0v) is 13.9. The SMILES string of the molecule is CC(C)(CNS(=O)(=O)c1ccc(CN)s1)c1cccs1. The first-order valence-corrected chi connectivity index (χ1v) is 9.35. The Balaban J connectivity index is 2.09. The standard InChI is InChI=1S/C13H18N2O2S3/c1-13(2,11-4-3-7-18-11)9-15-20(16,17)12-6-5-10(8-14)19-12/h3-7,15H,8-9,14H2,1-2H3. The number of hydrogen-bond acceptors (Lipinski definition) is 5. The maximum absolute atomic E-state index is 12.2. The molecule has 2 aromatic heterocycles. The van der Waals surface area contributed by atoms with Crippen molar-refractivity contribution in [2.75, 3.05) is 6.54 Å². The molecule has 0 amide bonds. The molecule has 0 aliphatic heterocycles. The van der Waals surface area contributed by atoms with E-state index in [0.29, 0.717) is 17.3 Å².